The molecule has 2 aliphatic rings. The first-order valence-electron chi connectivity index (χ1n) is 7.61. The van der Waals surface area contributed by atoms with Gasteiger partial charge in [0.15, 0.2) is 0 Å². The number of hydrogen-bond acceptors (Lipinski definition) is 2. The molecule has 5 nitrogen and oxygen atoms in total. The summed E-state index contributed by atoms with van der Waals surface area (Å²) in [7, 11) is 0. The maximum Gasteiger partial charge on any atom is 0.270 e. The highest BCUT2D eigenvalue weighted by Crippen LogP contribution is 2.33. The summed E-state index contributed by atoms with van der Waals surface area (Å²) >= 11 is 12.2. The highest BCUT2D eigenvalue weighted by Gasteiger charge is 2.43. The van der Waals surface area contributed by atoms with E-state index in [1.807, 2.05) is 0 Å². The highest BCUT2D eigenvalue weighted by molar-refractivity contribution is 6.45. The van der Waals surface area contributed by atoms with Gasteiger partial charge in [-0.2, -0.15) is 0 Å². The number of likely N-dealkylation sites (tertiary alicyclic amines) is 1. The molecule has 2 N–H and O–H groups in total. The van der Waals surface area contributed by atoms with Crippen molar-refractivity contribution < 1.29 is 9.59 Å². The summed E-state index contributed by atoms with van der Waals surface area (Å²) in [6.45, 7) is 1.20. The number of hydrogen-bond donors (Lipinski definition) is 2. The zero-order chi connectivity index (χ0) is 16.1. The number of rotatable bonds is 1. The molecule has 0 aliphatic carbocycles. The molecule has 0 radical (unpaired) electrons. The smallest absolute Gasteiger partial charge is 0.270 e. The van der Waals surface area contributed by atoms with Gasteiger partial charge >= 0.3 is 0 Å². The van der Waals surface area contributed by atoms with Crippen LogP contribution >= 0.6 is 23.2 Å². The molecule has 2 fully saturated rings. The van der Waals surface area contributed by atoms with E-state index in [0.717, 1.165) is 23.7 Å². The fourth-order valence-electron chi connectivity index (χ4n) is 3.62. The van der Waals surface area contributed by atoms with Gasteiger partial charge in [-0.1, -0.05) is 23.2 Å². The minimum absolute atomic E-state index is 0.0546. The first-order chi connectivity index (χ1) is 11.1. The molecule has 2 aliphatic heterocycles. The summed E-state index contributed by atoms with van der Waals surface area (Å²) in [5, 5.41) is 4.49. The van der Waals surface area contributed by atoms with Crippen molar-refractivity contribution in [2.45, 2.75) is 18.9 Å². The summed E-state index contributed by atoms with van der Waals surface area (Å²) in [5.41, 5.74) is 1.25. The zero-order valence-electron chi connectivity index (χ0n) is 12.2. The number of fused-ring (bicyclic) bond motifs is 2. The molecule has 7 heteroatoms. The van der Waals surface area contributed by atoms with E-state index < -0.39 is 0 Å². The van der Waals surface area contributed by atoms with E-state index in [1.54, 1.807) is 23.1 Å². The Hall–Kier alpha value is -1.72. The number of carbonyl (C=O) groups excluding carboxylic acids is 2. The Bertz CT molecular complexity index is 817. The first-order valence-corrected chi connectivity index (χ1v) is 8.37. The zero-order valence-corrected chi connectivity index (χ0v) is 13.7. The van der Waals surface area contributed by atoms with Crippen LogP contribution in [0.25, 0.3) is 10.9 Å². The van der Waals surface area contributed by atoms with Crippen molar-refractivity contribution in [3.63, 3.8) is 0 Å². The summed E-state index contributed by atoms with van der Waals surface area (Å²) in [4.78, 5) is 29.7. The number of amides is 2. The minimum Gasteiger partial charge on any atom is -0.354 e. The van der Waals surface area contributed by atoms with Crippen molar-refractivity contribution in [2.24, 2.45) is 5.92 Å². The summed E-state index contributed by atoms with van der Waals surface area (Å²) in [6.07, 6.45) is 1.68. The fourth-order valence-corrected chi connectivity index (χ4v) is 4.00. The van der Waals surface area contributed by atoms with Crippen molar-refractivity contribution in [3.8, 4) is 0 Å². The normalized spacial score (nSPS) is 23.9. The van der Waals surface area contributed by atoms with Crippen molar-refractivity contribution in [1.29, 1.82) is 0 Å². The van der Waals surface area contributed by atoms with Gasteiger partial charge in [-0.25, -0.2) is 0 Å². The third-order valence-electron chi connectivity index (χ3n) is 4.78. The average Bonchev–Trinajstić information content (AvgIpc) is 3.15. The van der Waals surface area contributed by atoms with Crippen LogP contribution in [-0.4, -0.2) is 40.8 Å². The molecule has 0 spiro atoms. The predicted molar refractivity (Wildman–Crippen MR) is 88.9 cm³/mol. The second-order valence-electron chi connectivity index (χ2n) is 6.07. The van der Waals surface area contributed by atoms with Crippen LogP contribution in [-0.2, 0) is 4.79 Å². The van der Waals surface area contributed by atoms with E-state index in [2.05, 4.69) is 10.3 Å². The molecule has 0 bridgehead atoms. The van der Waals surface area contributed by atoms with E-state index in [4.69, 9.17) is 23.2 Å². The molecule has 23 heavy (non-hydrogen) atoms. The Morgan fingerprint density at radius 1 is 1.30 bits per heavy atom. The molecule has 3 heterocycles. The first kappa shape index (κ1) is 14.8. The molecule has 1 aromatic heterocycles. The number of aromatic amines is 1. The van der Waals surface area contributed by atoms with Crippen LogP contribution in [0.4, 0.5) is 0 Å². The van der Waals surface area contributed by atoms with Gasteiger partial charge in [0.25, 0.3) is 5.91 Å². The van der Waals surface area contributed by atoms with Gasteiger partial charge in [0, 0.05) is 24.0 Å². The summed E-state index contributed by atoms with van der Waals surface area (Å²) < 4.78 is 0. The lowest BCUT2D eigenvalue weighted by Gasteiger charge is -2.35. The molecule has 2 saturated heterocycles. The van der Waals surface area contributed by atoms with Crippen LogP contribution in [0.1, 0.15) is 23.3 Å². The quantitative estimate of drug-likeness (QED) is 0.829. The lowest BCUT2D eigenvalue weighted by atomic mass is 9.91. The molecule has 0 unspecified atom stereocenters. The topological polar surface area (TPSA) is 65.2 Å². The van der Waals surface area contributed by atoms with Crippen LogP contribution in [0.5, 0.6) is 0 Å². The van der Waals surface area contributed by atoms with Crippen LogP contribution in [0.2, 0.25) is 10.0 Å². The van der Waals surface area contributed by atoms with E-state index >= 15 is 0 Å². The molecule has 2 atom stereocenters. The Labute approximate surface area is 142 Å². The summed E-state index contributed by atoms with van der Waals surface area (Å²) in [6, 6.07) is 5.18. The van der Waals surface area contributed by atoms with Gasteiger partial charge < -0.3 is 15.2 Å². The number of aromatic nitrogens is 1. The second kappa shape index (κ2) is 5.42. The van der Waals surface area contributed by atoms with Crippen LogP contribution in [0.3, 0.4) is 0 Å². The Balaban J connectivity index is 1.69. The number of piperidine rings is 1. The molecule has 4 rings (SSSR count). The van der Waals surface area contributed by atoms with E-state index in [-0.39, 0.29) is 23.8 Å². The van der Waals surface area contributed by atoms with Crippen LogP contribution in [0, 0.1) is 5.92 Å². The largest absolute Gasteiger partial charge is 0.354 e. The van der Waals surface area contributed by atoms with Gasteiger partial charge in [-0.3, -0.25) is 9.59 Å². The second-order valence-corrected chi connectivity index (χ2v) is 6.85. The molecular weight excluding hydrogens is 337 g/mol. The van der Waals surface area contributed by atoms with Gasteiger partial charge in [-0.05, 0) is 31.0 Å². The molecule has 2 aromatic rings. The average molecular weight is 352 g/mol. The third-order valence-corrected chi connectivity index (χ3v) is 5.60. The van der Waals surface area contributed by atoms with E-state index in [9.17, 15) is 9.59 Å². The highest BCUT2D eigenvalue weighted by atomic mass is 35.5. The predicted octanol–water partition coefficient (Wildman–Crippen LogP) is 2.83. The number of nitrogens with zero attached hydrogens (tertiary/aromatic N) is 1. The lowest BCUT2D eigenvalue weighted by molar-refractivity contribution is -0.123. The number of carbonyl (C=O) groups is 2. The molecule has 120 valence electrons. The van der Waals surface area contributed by atoms with Gasteiger partial charge in [0.1, 0.15) is 5.69 Å². The number of benzene rings is 1. The Morgan fingerprint density at radius 3 is 2.96 bits per heavy atom. The fraction of sp³-hybridized carbons (Fsp3) is 0.375. The maximum atomic E-state index is 12.9. The van der Waals surface area contributed by atoms with Crippen molar-refractivity contribution in [3.05, 3.63) is 33.9 Å². The molecule has 0 saturated carbocycles. The maximum absolute atomic E-state index is 12.9. The minimum atomic E-state index is -0.0976. The van der Waals surface area contributed by atoms with E-state index in [0.29, 0.717) is 28.8 Å². The molecule has 2 amide bonds. The standard InChI is InChI=1S/C16H15Cl2N3O2/c17-10-3-4-11-9(14(10)18)6-12(20-11)16(23)21-5-1-2-8-13(21)7-19-15(8)22/h3-4,6,8,13,20H,1-2,5,7H2,(H,19,22)/t8-,13-/m1/s1. The Morgan fingerprint density at radius 2 is 2.13 bits per heavy atom. The van der Waals surface area contributed by atoms with Crippen molar-refractivity contribution >= 4 is 45.9 Å². The van der Waals surface area contributed by atoms with Gasteiger partial charge in [0.05, 0.1) is 22.0 Å². The number of nitrogens with one attached hydrogen (secondary N) is 2. The lowest BCUT2D eigenvalue weighted by Crippen LogP contribution is -2.48. The number of halogens is 2. The van der Waals surface area contributed by atoms with Crippen molar-refractivity contribution in [1.82, 2.24) is 15.2 Å². The third kappa shape index (κ3) is 2.30. The Kier molecular flexibility index (Phi) is 3.50. The van der Waals surface area contributed by atoms with Crippen LogP contribution in [0.15, 0.2) is 18.2 Å². The van der Waals surface area contributed by atoms with E-state index in [1.165, 1.54) is 0 Å². The molecule has 1 aromatic carbocycles. The monoisotopic (exact) mass is 351 g/mol. The van der Waals surface area contributed by atoms with Crippen molar-refractivity contribution in [2.75, 3.05) is 13.1 Å². The van der Waals surface area contributed by atoms with Crippen LogP contribution < -0.4 is 5.32 Å². The number of H-pyrrole nitrogens is 1. The van der Waals surface area contributed by atoms with Gasteiger partial charge in [-0.15, -0.1) is 0 Å². The summed E-state index contributed by atoms with van der Waals surface area (Å²) in [5.74, 6) is -0.131. The molecular formula is C16H15Cl2N3O2. The van der Waals surface area contributed by atoms with Gasteiger partial charge in [0.2, 0.25) is 5.91 Å². The SMILES string of the molecule is O=C1NC[C@@H]2[C@H]1CCCN2C(=O)c1cc2c(Cl)c(Cl)ccc2[nH]1.